The average molecular weight is 538 g/mol. The molecule has 1 atom stereocenters. The van der Waals surface area contributed by atoms with Crippen LogP contribution in [0.3, 0.4) is 0 Å². The Labute approximate surface area is 192 Å². The van der Waals surface area contributed by atoms with Crippen LogP contribution in [0.1, 0.15) is 24.5 Å². The number of amides is 2. The van der Waals surface area contributed by atoms with Gasteiger partial charge < -0.3 is 15.0 Å². The lowest BCUT2D eigenvalue weighted by molar-refractivity contribution is -0.151. The van der Waals surface area contributed by atoms with Gasteiger partial charge in [-0.3, -0.25) is 14.4 Å². The summed E-state index contributed by atoms with van der Waals surface area (Å²) in [4.78, 5) is 38.6. The van der Waals surface area contributed by atoms with Crippen molar-refractivity contribution in [2.24, 2.45) is 5.92 Å². The standard InChI is InChI=1S/C22H22Br2N2O4/c1-3-14-9-17(24)8-13(2)21(14)25-19(27)12-30-22(29)15-10-20(28)26(11-15)18-6-4-16(23)5-7-18/h4-9,15H,3,10-12H2,1-2H3,(H,25,27)/t15-/m1/s1. The van der Waals surface area contributed by atoms with Crippen LogP contribution in [0.5, 0.6) is 0 Å². The van der Waals surface area contributed by atoms with Gasteiger partial charge >= 0.3 is 5.97 Å². The Bertz CT molecular complexity index is 976. The van der Waals surface area contributed by atoms with Gasteiger partial charge in [-0.05, 0) is 60.9 Å². The summed E-state index contributed by atoms with van der Waals surface area (Å²) in [5.41, 5.74) is 3.38. The monoisotopic (exact) mass is 536 g/mol. The number of benzene rings is 2. The van der Waals surface area contributed by atoms with Crippen LogP contribution in [0.4, 0.5) is 11.4 Å². The number of nitrogens with one attached hydrogen (secondary N) is 1. The summed E-state index contributed by atoms with van der Waals surface area (Å²) in [5, 5.41) is 2.83. The van der Waals surface area contributed by atoms with E-state index in [1.807, 2.05) is 50.2 Å². The maximum Gasteiger partial charge on any atom is 0.311 e. The molecule has 1 fully saturated rings. The molecule has 0 aromatic heterocycles. The number of ether oxygens (including phenoxy) is 1. The van der Waals surface area contributed by atoms with E-state index in [4.69, 9.17) is 4.74 Å². The Morgan fingerprint density at radius 2 is 1.87 bits per heavy atom. The predicted molar refractivity (Wildman–Crippen MR) is 122 cm³/mol. The van der Waals surface area contributed by atoms with Crippen LogP contribution in [-0.2, 0) is 25.5 Å². The van der Waals surface area contributed by atoms with Crippen molar-refractivity contribution in [3.8, 4) is 0 Å². The van der Waals surface area contributed by atoms with E-state index in [9.17, 15) is 14.4 Å². The molecule has 1 saturated heterocycles. The maximum atomic E-state index is 12.4. The Morgan fingerprint density at radius 3 is 2.53 bits per heavy atom. The molecule has 0 spiro atoms. The molecular weight excluding hydrogens is 516 g/mol. The SMILES string of the molecule is CCc1cc(Br)cc(C)c1NC(=O)COC(=O)[C@@H]1CC(=O)N(c2ccc(Br)cc2)C1. The first kappa shape index (κ1) is 22.5. The van der Waals surface area contributed by atoms with Crippen molar-refractivity contribution in [2.45, 2.75) is 26.7 Å². The van der Waals surface area contributed by atoms with Crippen molar-refractivity contribution in [1.29, 1.82) is 0 Å². The van der Waals surface area contributed by atoms with Gasteiger partial charge in [0.2, 0.25) is 5.91 Å². The van der Waals surface area contributed by atoms with Crippen molar-refractivity contribution >= 4 is 61.0 Å². The predicted octanol–water partition coefficient (Wildman–Crippen LogP) is 4.62. The third kappa shape index (κ3) is 5.29. The Morgan fingerprint density at radius 1 is 1.17 bits per heavy atom. The second-order valence-corrected chi connectivity index (χ2v) is 8.98. The molecule has 1 aliphatic rings. The average Bonchev–Trinajstić information content (AvgIpc) is 3.10. The minimum Gasteiger partial charge on any atom is -0.455 e. The van der Waals surface area contributed by atoms with Crippen molar-refractivity contribution in [3.05, 3.63) is 56.5 Å². The van der Waals surface area contributed by atoms with Gasteiger partial charge in [-0.25, -0.2) is 0 Å². The summed E-state index contributed by atoms with van der Waals surface area (Å²) in [5.74, 6) is -1.67. The molecular formula is C22H22Br2N2O4. The van der Waals surface area contributed by atoms with Crippen molar-refractivity contribution in [2.75, 3.05) is 23.4 Å². The molecule has 1 aliphatic heterocycles. The molecule has 1 heterocycles. The van der Waals surface area contributed by atoms with Crippen molar-refractivity contribution in [1.82, 2.24) is 0 Å². The number of hydrogen-bond acceptors (Lipinski definition) is 4. The third-order valence-electron chi connectivity index (χ3n) is 4.97. The Balaban J connectivity index is 1.56. The lowest BCUT2D eigenvalue weighted by Gasteiger charge is -2.17. The molecule has 3 rings (SSSR count). The largest absolute Gasteiger partial charge is 0.455 e. The van der Waals surface area contributed by atoms with Crippen LogP contribution < -0.4 is 10.2 Å². The molecule has 0 radical (unpaired) electrons. The highest BCUT2D eigenvalue weighted by molar-refractivity contribution is 9.10. The van der Waals surface area contributed by atoms with Gasteiger partial charge in [0.1, 0.15) is 0 Å². The Kier molecular flexibility index (Phi) is 7.31. The first-order valence-electron chi connectivity index (χ1n) is 9.60. The fraction of sp³-hybridized carbons (Fsp3) is 0.318. The fourth-order valence-electron chi connectivity index (χ4n) is 3.44. The summed E-state index contributed by atoms with van der Waals surface area (Å²) in [6, 6.07) is 11.2. The summed E-state index contributed by atoms with van der Waals surface area (Å²) in [6.45, 7) is 3.77. The number of carbonyl (C=O) groups is 3. The van der Waals surface area contributed by atoms with Gasteiger partial charge in [0, 0.05) is 33.3 Å². The first-order valence-corrected chi connectivity index (χ1v) is 11.2. The van der Waals surface area contributed by atoms with Gasteiger partial charge in [0.05, 0.1) is 5.92 Å². The van der Waals surface area contributed by atoms with E-state index in [-0.39, 0.29) is 25.5 Å². The van der Waals surface area contributed by atoms with Gasteiger partial charge in [0.15, 0.2) is 6.61 Å². The molecule has 30 heavy (non-hydrogen) atoms. The van der Waals surface area contributed by atoms with Gasteiger partial charge in [0.25, 0.3) is 5.91 Å². The van der Waals surface area contributed by atoms with E-state index >= 15 is 0 Å². The smallest absolute Gasteiger partial charge is 0.311 e. The summed E-state index contributed by atoms with van der Waals surface area (Å²) >= 11 is 6.82. The van der Waals surface area contributed by atoms with Crippen LogP contribution in [0.15, 0.2) is 45.3 Å². The molecule has 8 heteroatoms. The first-order chi connectivity index (χ1) is 14.3. The third-order valence-corrected chi connectivity index (χ3v) is 5.96. The highest BCUT2D eigenvalue weighted by Gasteiger charge is 2.36. The summed E-state index contributed by atoms with van der Waals surface area (Å²) < 4.78 is 7.06. The molecule has 158 valence electrons. The molecule has 2 aromatic carbocycles. The van der Waals surface area contributed by atoms with Gasteiger partial charge in [-0.2, -0.15) is 0 Å². The van der Waals surface area contributed by atoms with Gasteiger partial charge in [-0.15, -0.1) is 0 Å². The number of hydrogen-bond donors (Lipinski definition) is 1. The molecule has 0 saturated carbocycles. The van der Waals surface area contributed by atoms with Crippen LogP contribution in [0.2, 0.25) is 0 Å². The lowest BCUT2D eigenvalue weighted by atomic mass is 10.1. The Hall–Kier alpha value is -2.19. The maximum absolute atomic E-state index is 12.4. The zero-order valence-corrected chi connectivity index (χ0v) is 19.9. The number of halogens is 2. The van der Waals surface area contributed by atoms with E-state index in [1.165, 1.54) is 0 Å². The highest BCUT2D eigenvalue weighted by atomic mass is 79.9. The van der Waals surface area contributed by atoms with E-state index in [1.54, 1.807) is 4.90 Å². The van der Waals surface area contributed by atoms with E-state index in [0.717, 1.165) is 37.9 Å². The molecule has 0 aliphatic carbocycles. The van der Waals surface area contributed by atoms with Crippen LogP contribution in [0.25, 0.3) is 0 Å². The summed E-state index contributed by atoms with van der Waals surface area (Å²) in [7, 11) is 0. The van der Waals surface area contributed by atoms with E-state index in [2.05, 4.69) is 37.2 Å². The number of carbonyl (C=O) groups excluding carboxylic acids is 3. The molecule has 1 N–H and O–H groups in total. The molecule has 2 aromatic rings. The van der Waals surface area contributed by atoms with Crippen LogP contribution in [0, 0.1) is 12.8 Å². The minimum absolute atomic E-state index is 0.0717. The number of aryl methyl sites for hydroxylation is 2. The summed E-state index contributed by atoms with van der Waals surface area (Å²) in [6.07, 6.45) is 0.827. The van der Waals surface area contributed by atoms with Crippen LogP contribution in [-0.4, -0.2) is 30.9 Å². The number of nitrogens with zero attached hydrogens (tertiary/aromatic N) is 1. The minimum atomic E-state index is -0.588. The molecule has 0 bridgehead atoms. The van der Waals surface area contributed by atoms with Crippen molar-refractivity contribution < 1.29 is 19.1 Å². The normalized spacial score (nSPS) is 15.9. The van der Waals surface area contributed by atoms with E-state index < -0.39 is 17.8 Å². The van der Waals surface area contributed by atoms with Crippen molar-refractivity contribution in [3.63, 3.8) is 0 Å². The fourth-order valence-corrected chi connectivity index (χ4v) is 4.32. The highest BCUT2D eigenvalue weighted by Crippen LogP contribution is 2.28. The number of esters is 1. The molecule has 2 amide bonds. The zero-order valence-electron chi connectivity index (χ0n) is 16.7. The zero-order chi connectivity index (χ0) is 21.8. The molecule has 0 unspecified atom stereocenters. The molecule has 6 nitrogen and oxygen atoms in total. The number of rotatable bonds is 6. The van der Waals surface area contributed by atoms with Crippen LogP contribution >= 0.6 is 31.9 Å². The van der Waals surface area contributed by atoms with Gasteiger partial charge in [-0.1, -0.05) is 38.8 Å². The van der Waals surface area contributed by atoms with E-state index in [0.29, 0.717) is 0 Å². The number of anilines is 2. The quantitative estimate of drug-likeness (QED) is 0.546. The second-order valence-electron chi connectivity index (χ2n) is 7.15. The topological polar surface area (TPSA) is 75.7 Å². The lowest BCUT2D eigenvalue weighted by Crippen LogP contribution is -2.28. The second kappa shape index (κ2) is 9.75.